The van der Waals surface area contributed by atoms with Gasteiger partial charge in [0.2, 0.25) is 0 Å². The van der Waals surface area contributed by atoms with Crippen LogP contribution >= 0.6 is 0 Å². The van der Waals surface area contributed by atoms with Gasteiger partial charge >= 0.3 is 0 Å². The van der Waals surface area contributed by atoms with Crippen molar-refractivity contribution in [3.05, 3.63) is 42.2 Å². The van der Waals surface area contributed by atoms with Crippen molar-refractivity contribution < 1.29 is 5.11 Å². The fraction of sp³-hybridized carbons (Fsp3) is 0.100. The molecular formula is C10H11N3O. The molecule has 1 heterocycles. The number of benzene rings is 1. The van der Waals surface area contributed by atoms with Gasteiger partial charge in [0.15, 0.2) is 5.75 Å². The molecule has 4 heteroatoms. The number of para-hydroxylation sites is 1. The first-order valence-electron chi connectivity index (χ1n) is 4.34. The van der Waals surface area contributed by atoms with Crippen LogP contribution in [-0.2, 0) is 6.54 Å². The number of aromatic nitrogens is 2. The molecule has 0 spiro atoms. The van der Waals surface area contributed by atoms with Crippen molar-refractivity contribution in [2.75, 3.05) is 0 Å². The Balaban J connectivity index is 2.43. The Morgan fingerprint density at radius 2 is 2.00 bits per heavy atom. The fourth-order valence-electron chi connectivity index (χ4n) is 1.26. The largest absolute Gasteiger partial charge is 0.504 e. The standard InChI is InChI=1S/C10H11N3O/c11-6-9-10(14)7-13(12-9)8-4-2-1-3-5-8/h1-5,7,14H,6,11H2. The Morgan fingerprint density at radius 1 is 1.29 bits per heavy atom. The highest BCUT2D eigenvalue weighted by Crippen LogP contribution is 2.16. The number of aromatic hydroxyl groups is 1. The second-order valence-electron chi connectivity index (χ2n) is 2.95. The summed E-state index contributed by atoms with van der Waals surface area (Å²) in [6, 6.07) is 9.57. The molecule has 0 aliphatic heterocycles. The zero-order valence-corrected chi connectivity index (χ0v) is 7.59. The maximum atomic E-state index is 9.43. The van der Waals surface area contributed by atoms with Crippen LogP contribution in [0.25, 0.3) is 5.69 Å². The Labute approximate surface area is 81.6 Å². The molecule has 0 amide bonds. The van der Waals surface area contributed by atoms with Crippen molar-refractivity contribution in [3.8, 4) is 11.4 Å². The van der Waals surface area contributed by atoms with Crippen LogP contribution in [0.15, 0.2) is 36.5 Å². The predicted molar refractivity (Wildman–Crippen MR) is 53.1 cm³/mol. The lowest BCUT2D eigenvalue weighted by atomic mass is 10.3. The number of nitrogens with zero attached hydrogens (tertiary/aromatic N) is 2. The molecule has 0 radical (unpaired) electrons. The van der Waals surface area contributed by atoms with E-state index < -0.39 is 0 Å². The van der Waals surface area contributed by atoms with Crippen LogP contribution in [0, 0.1) is 0 Å². The van der Waals surface area contributed by atoms with E-state index in [1.165, 1.54) is 0 Å². The van der Waals surface area contributed by atoms with Gasteiger partial charge in [-0.25, -0.2) is 4.68 Å². The van der Waals surface area contributed by atoms with Crippen molar-refractivity contribution in [2.24, 2.45) is 5.73 Å². The molecule has 0 saturated heterocycles. The van der Waals surface area contributed by atoms with Crippen molar-refractivity contribution >= 4 is 0 Å². The van der Waals surface area contributed by atoms with Gasteiger partial charge in [-0.1, -0.05) is 18.2 Å². The third kappa shape index (κ3) is 1.47. The lowest BCUT2D eigenvalue weighted by Gasteiger charge is -1.98. The zero-order chi connectivity index (χ0) is 9.97. The number of nitrogens with two attached hydrogens (primary N) is 1. The summed E-state index contributed by atoms with van der Waals surface area (Å²) >= 11 is 0. The highest BCUT2D eigenvalue weighted by atomic mass is 16.3. The molecule has 2 rings (SSSR count). The van der Waals surface area contributed by atoms with Crippen molar-refractivity contribution in [2.45, 2.75) is 6.54 Å². The van der Waals surface area contributed by atoms with Gasteiger partial charge in [-0.3, -0.25) is 0 Å². The van der Waals surface area contributed by atoms with E-state index in [4.69, 9.17) is 5.73 Å². The summed E-state index contributed by atoms with van der Waals surface area (Å²) in [6.07, 6.45) is 1.55. The molecule has 0 unspecified atom stereocenters. The monoisotopic (exact) mass is 189 g/mol. The van der Waals surface area contributed by atoms with E-state index in [2.05, 4.69) is 5.10 Å². The maximum Gasteiger partial charge on any atom is 0.158 e. The first-order chi connectivity index (χ1) is 6.81. The molecule has 1 aromatic heterocycles. The first kappa shape index (κ1) is 8.77. The van der Waals surface area contributed by atoms with Gasteiger partial charge in [-0.05, 0) is 12.1 Å². The minimum atomic E-state index is 0.136. The highest BCUT2D eigenvalue weighted by Gasteiger charge is 2.05. The Hall–Kier alpha value is -1.81. The van der Waals surface area contributed by atoms with E-state index >= 15 is 0 Å². The van der Waals surface area contributed by atoms with Crippen molar-refractivity contribution in [3.63, 3.8) is 0 Å². The van der Waals surface area contributed by atoms with Gasteiger partial charge in [-0.15, -0.1) is 0 Å². The predicted octanol–water partition coefficient (Wildman–Crippen LogP) is 1.04. The van der Waals surface area contributed by atoms with Crippen LogP contribution in [0.5, 0.6) is 5.75 Å². The Kier molecular flexibility index (Phi) is 2.20. The second kappa shape index (κ2) is 3.51. The molecule has 1 aromatic carbocycles. The normalized spacial score (nSPS) is 10.4. The minimum absolute atomic E-state index is 0.136. The molecule has 0 fully saturated rings. The fourth-order valence-corrected chi connectivity index (χ4v) is 1.26. The van der Waals surface area contributed by atoms with E-state index in [0.29, 0.717) is 5.69 Å². The molecule has 0 bridgehead atoms. The Bertz CT molecular complexity index is 422. The van der Waals surface area contributed by atoms with Crippen LogP contribution in [0.2, 0.25) is 0 Å². The van der Waals surface area contributed by atoms with E-state index in [0.717, 1.165) is 5.69 Å². The summed E-state index contributed by atoms with van der Waals surface area (Å²) in [5, 5.41) is 13.6. The van der Waals surface area contributed by atoms with E-state index in [9.17, 15) is 5.11 Å². The molecule has 4 nitrogen and oxygen atoms in total. The highest BCUT2D eigenvalue weighted by molar-refractivity contribution is 5.34. The zero-order valence-electron chi connectivity index (χ0n) is 7.59. The molecule has 0 atom stereocenters. The third-order valence-electron chi connectivity index (χ3n) is 1.98. The average Bonchev–Trinajstić information content (AvgIpc) is 2.61. The average molecular weight is 189 g/mol. The summed E-state index contributed by atoms with van der Waals surface area (Å²) in [7, 11) is 0. The van der Waals surface area contributed by atoms with E-state index in [1.54, 1.807) is 10.9 Å². The molecule has 14 heavy (non-hydrogen) atoms. The molecule has 0 aliphatic carbocycles. The van der Waals surface area contributed by atoms with Gasteiger partial charge in [0.25, 0.3) is 0 Å². The Morgan fingerprint density at radius 3 is 2.57 bits per heavy atom. The summed E-state index contributed by atoms with van der Waals surface area (Å²) < 4.78 is 1.61. The van der Waals surface area contributed by atoms with E-state index in [-0.39, 0.29) is 12.3 Å². The number of hydrogen-bond acceptors (Lipinski definition) is 3. The maximum absolute atomic E-state index is 9.43. The van der Waals surface area contributed by atoms with Crippen LogP contribution in [0.3, 0.4) is 0 Å². The minimum Gasteiger partial charge on any atom is -0.504 e. The van der Waals surface area contributed by atoms with Gasteiger partial charge in [0, 0.05) is 6.54 Å². The smallest absolute Gasteiger partial charge is 0.158 e. The molecule has 72 valence electrons. The number of rotatable bonds is 2. The van der Waals surface area contributed by atoms with Crippen LogP contribution < -0.4 is 5.73 Å². The van der Waals surface area contributed by atoms with E-state index in [1.807, 2.05) is 30.3 Å². The van der Waals surface area contributed by atoms with Crippen molar-refractivity contribution in [1.29, 1.82) is 0 Å². The van der Waals surface area contributed by atoms with Crippen molar-refractivity contribution in [1.82, 2.24) is 9.78 Å². The first-order valence-corrected chi connectivity index (χ1v) is 4.34. The summed E-state index contributed by atoms with van der Waals surface area (Å²) in [6.45, 7) is 0.242. The quantitative estimate of drug-likeness (QED) is 0.741. The summed E-state index contributed by atoms with van der Waals surface area (Å²) in [5.41, 5.74) is 6.82. The number of hydrogen-bond donors (Lipinski definition) is 2. The van der Waals surface area contributed by atoms with Gasteiger partial charge in [0.1, 0.15) is 5.69 Å². The molecule has 3 N–H and O–H groups in total. The topological polar surface area (TPSA) is 64.1 Å². The van der Waals surface area contributed by atoms with Gasteiger partial charge in [0.05, 0.1) is 11.9 Å². The molecule has 0 saturated carbocycles. The summed E-state index contributed by atoms with van der Waals surface area (Å²) in [4.78, 5) is 0. The summed E-state index contributed by atoms with van der Waals surface area (Å²) in [5.74, 6) is 0.136. The lowest BCUT2D eigenvalue weighted by molar-refractivity contribution is 0.468. The van der Waals surface area contributed by atoms with Crippen LogP contribution in [-0.4, -0.2) is 14.9 Å². The molecule has 0 aliphatic rings. The molecule has 2 aromatic rings. The molecular weight excluding hydrogens is 178 g/mol. The second-order valence-corrected chi connectivity index (χ2v) is 2.95. The lowest BCUT2D eigenvalue weighted by Crippen LogP contribution is -2.00. The third-order valence-corrected chi connectivity index (χ3v) is 1.98. The SMILES string of the molecule is NCc1nn(-c2ccccc2)cc1O. The van der Waals surface area contributed by atoms with Crippen LogP contribution in [0.1, 0.15) is 5.69 Å². The van der Waals surface area contributed by atoms with Gasteiger partial charge in [-0.2, -0.15) is 5.10 Å². The van der Waals surface area contributed by atoms with Crippen LogP contribution in [0.4, 0.5) is 0 Å². The van der Waals surface area contributed by atoms with Gasteiger partial charge < -0.3 is 10.8 Å².